The van der Waals surface area contributed by atoms with Crippen LogP contribution >= 0.6 is 0 Å². The monoisotopic (exact) mass is 481 g/mol. The quantitative estimate of drug-likeness (QED) is 0.325. The van der Waals surface area contributed by atoms with E-state index in [1.54, 1.807) is 6.07 Å². The summed E-state index contributed by atoms with van der Waals surface area (Å²) in [6.07, 6.45) is 2.29. The number of nitrogens with zero attached hydrogens (tertiary/aromatic N) is 4. The van der Waals surface area contributed by atoms with E-state index in [0.29, 0.717) is 30.2 Å². The number of nitrogens with one attached hydrogen (secondary N) is 3. The summed E-state index contributed by atoms with van der Waals surface area (Å²) in [6.45, 7) is 4.83. The highest BCUT2D eigenvalue weighted by Crippen LogP contribution is 2.24. The molecule has 2 atom stereocenters. The Hall–Kier alpha value is -3.50. The van der Waals surface area contributed by atoms with Gasteiger partial charge in [0.1, 0.15) is 0 Å². The standard InChI is InChI=1S/C25H32FN7O2/c1-3-33-13-7-10-19(33)15-27-23-30-24(28-18-11-12-22(35-2)20(26)14-18)32-25(31-23)29-21(16-34)17-8-5-4-6-9-17/h4-6,8-9,11-12,14,19,21,34H,3,7,10,13,15-16H2,1-2H3,(H3,27,28,29,30,31,32). The van der Waals surface area contributed by atoms with Gasteiger partial charge in [-0.3, -0.25) is 4.90 Å². The summed E-state index contributed by atoms with van der Waals surface area (Å²) >= 11 is 0. The summed E-state index contributed by atoms with van der Waals surface area (Å²) in [5.41, 5.74) is 1.38. The zero-order chi connectivity index (χ0) is 24.6. The summed E-state index contributed by atoms with van der Waals surface area (Å²) in [6, 6.07) is 14.1. The van der Waals surface area contributed by atoms with E-state index in [9.17, 15) is 9.50 Å². The molecular weight excluding hydrogens is 449 g/mol. The van der Waals surface area contributed by atoms with Crippen LogP contribution in [-0.2, 0) is 0 Å². The fourth-order valence-corrected chi connectivity index (χ4v) is 4.28. The molecule has 35 heavy (non-hydrogen) atoms. The van der Waals surface area contributed by atoms with Crippen molar-refractivity contribution >= 4 is 23.5 Å². The second-order valence-electron chi connectivity index (χ2n) is 8.38. The van der Waals surface area contributed by atoms with Crippen molar-refractivity contribution in [2.24, 2.45) is 0 Å². The van der Waals surface area contributed by atoms with Gasteiger partial charge in [0.15, 0.2) is 11.6 Å². The third-order valence-electron chi connectivity index (χ3n) is 6.13. The number of methoxy groups -OCH3 is 1. The number of aliphatic hydroxyl groups excluding tert-OH is 1. The molecule has 0 bridgehead atoms. The maximum Gasteiger partial charge on any atom is 0.233 e. The van der Waals surface area contributed by atoms with Crippen molar-refractivity contribution in [2.75, 3.05) is 49.3 Å². The Morgan fingerprint density at radius 2 is 1.89 bits per heavy atom. The average Bonchev–Trinajstić information content (AvgIpc) is 3.34. The van der Waals surface area contributed by atoms with Crippen molar-refractivity contribution < 1.29 is 14.2 Å². The second-order valence-corrected chi connectivity index (χ2v) is 8.38. The van der Waals surface area contributed by atoms with Gasteiger partial charge >= 0.3 is 0 Å². The molecule has 0 aliphatic carbocycles. The second kappa shape index (κ2) is 11.8. The van der Waals surface area contributed by atoms with Crippen LogP contribution in [0, 0.1) is 5.82 Å². The van der Waals surface area contributed by atoms with Gasteiger partial charge in [-0.1, -0.05) is 37.3 Å². The first-order chi connectivity index (χ1) is 17.1. The molecule has 2 heterocycles. The molecule has 0 spiro atoms. The van der Waals surface area contributed by atoms with Gasteiger partial charge in [-0.25, -0.2) is 4.39 Å². The van der Waals surface area contributed by atoms with Gasteiger partial charge in [0.25, 0.3) is 0 Å². The first-order valence-electron chi connectivity index (χ1n) is 11.9. The fraction of sp³-hybridized carbons (Fsp3) is 0.400. The Morgan fingerprint density at radius 1 is 1.11 bits per heavy atom. The summed E-state index contributed by atoms with van der Waals surface area (Å²) in [5.74, 6) is 0.598. The minimum atomic E-state index is -0.492. The van der Waals surface area contributed by atoms with Gasteiger partial charge < -0.3 is 25.8 Å². The zero-order valence-corrected chi connectivity index (χ0v) is 20.0. The van der Waals surface area contributed by atoms with Gasteiger partial charge in [-0.15, -0.1) is 0 Å². The Kier molecular flexibility index (Phi) is 8.27. The number of hydrogen-bond donors (Lipinski definition) is 4. The van der Waals surface area contributed by atoms with Crippen LogP contribution in [0.4, 0.5) is 27.9 Å². The molecule has 1 aromatic heterocycles. The first kappa shape index (κ1) is 24.6. The number of benzene rings is 2. The van der Waals surface area contributed by atoms with Crippen LogP contribution in [0.2, 0.25) is 0 Å². The van der Waals surface area contributed by atoms with Gasteiger partial charge in [-0.2, -0.15) is 15.0 Å². The van der Waals surface area contributed by atoms with Crippen LogP contribution in [0.1, 0.15) is 31.4 Å². The molecule has 0 amide bonds. The van der Waals surface area contributed by atoms with Gasteiger partial charge in [0.2, 0.25) is 17.8 Å². The minimum Gasteiger partial charge on any atom is -0.494 e. The Bertz CT molecular complexity index is 1100. The summed E-state index contributed by atoms with van der Waals surface area (Å²) in [5, 5.41) is 19.5. The largest absolute Gasteiger partial charge is 0.494 e. The highest BCUT2D eigenvalue weighted by atomic mass is 19.1. The SMILES string of the molecule is CCN1CCCC1CNc1nc(Nc2ccc(OC)c(F)c2)nc(NC(CO)c2ccccc2)n1. The molecule has 3 aromatic rings. The van der Waals surface area contributed by atoms with Gasteiger partial charge in [0, 0.05) is 24.3 Å². The topological polar surface area (TPSA) is 107 Å². The number of halogens is 1. The molecule has 9 nitrogen and oxygen atoms in total. The van der Waals surface area contributed by atoms with Crippen LogP contribution in [0.5, 0.6) is 5.75 Å². The van der Waals surface area contributed by atoms with E-state index in [0.717, 1.165) is 25.1 Å². The Morgan fingerprint density at radius 3 is 2.60 bits per heavy atom. The highest BCUT2D eigenvalue weighted by molar-refractivity contribution is 5.57. The maximum atomic E-state index is 14.2. The number of hydrogen-bond acceptors (Lipinski definition) is 9. The molecule has 1 fully saturated rings. The van der Waals surface area contributed by atoms with E-state index < -0.39 is 11.9 Å². The van der Waals surface area contributed by atoms with Crippen LogP contribution in [0.25, 0.3) is 0 Å². The molecule has 0 radical (unpaired) electrons. The lowest BCUT2D eigenvalue weighted by molar-refractivity contribution is 0.275. The average molecular weight is 482 g/mol. The predicted molar refractivity (Wildman–Crippen MR) is 135 cm³/mol. The molecule has 2 unspecified atom stereocenters. The Labute approximate surface area is 204 Å². The zero-order valence-electron chi connectivity index (χ0n) is 20.0. The molecule has 4 rings (SSSR count). The predicted octanol–water partition coefficient (Wildman–Crippen LogP) is 3.80. The van der Waals surface area contributed by atoms with Crippen molar-refractivity contribution in [3.8, 4) is 5.75 Å². The maximum absolute atomic E-state index is 14.2. The molecule has 4 N–H and O–H groups in total. The van der Waals surface area contributed by atoms with E-state index in [-0.39, 0.29) is 18.3 Å². The van der Waals surface area contributed by atoms with Crippen LogP contribution < -0.4 is 20.7 Å². The lowest BCUT2D eigenvalue weighted by Gasteiger charge is -2.23. The van der Waals surface area contributed by atoms with Gasteiger partial charge in [-0.05, 0) is 43.6 Å². The van der Waals surface area contributed by atoms with Crippen molar-refractivity contribution in [2.45, 2.75) is 31.8 Å². The fourth-order valence-electron chi connectivity index (χ4n) is 4.28. The van der Waals surface area contributed by atoms with E-state index >= 15 is 0 Å². The van der Waals surface area contributed by atoms with Crippen LogP contribution in [0.15, 0.2) is 48.5 Å². The summed E-state index contributed by atoms with van der Waals surface area (Å²) in [7, 11) is 1.42. The smallest absolute Gasteiger partial charge is 0.233 e. The molecule has 1 aliphatic heterocycles. The normalized spacial score (nSPS) is 16.6. The van der Waals surface area contributed by atoms with E-state index in [1.807, 2.05) is 30.3 Å². The lowest BCUT2D eigenvalue weighted by atomic mass is 10.1. The Balaban J connectivity index is 1.57. The molecule has 1 aliphatic rings. The van der Waals surface area contributed by atoms with Crippen molar-refractivity contribution in [1.29, 1.82) is 0 Å². The van der Waals surface area contributed by atoms with Crippen molar-refractivity contribution in [1.82, 2.24) is 19.9 Å². The van der Waals surface area contributed by atoms with Crippen LogP contribution in [-0.4, -0.2) is 64.4 Å². The number of aliphatic hydroxyl groups is 1. The molecule has 1 saturated heterocycles. The molecular formula is C25H32FN7O2. The highest BCUT2D eigenvalue weighted by Gasteiger charge is 2.23. The van der Waals surface area contributed by atoms with E-state index in [2.05, 4.69) is 42.7 Å². The third kappa shape index (κ3) is 6.34. The number of anilines is 4. The lowest BCUT2D eigenvalue weighted by Crippen LogP contribution is -2.35. The van der Waals surface area contributed by atoms with E-state index in [1.165, 1.54) is 25.7 Å². The van der Waals surface area contributed by atoms with Crippen molar-refractivity contribution in [3.05, 3.63) is 59.9 Å². The summed E-state index contributed by atoms with van der Waals surface area (Å²) < 4.78 is 19.2. The first-order valence-corrected chi connectivity index (χ1v) is 11.9. The number of rotatable bonds is 11. The molecule has 2 aromatic carbocycles. The number of likely N-dealkylation sites (N-methyl/N-ethyl adjacent to an activating group) is 1. The van der Waals surface area contributed by atoms with E-state index in [4.69, 9.17) is 4.74 Å². The van der Waals surface area contributed by atoms with Gasteiger partial charge in [0.05, 0.1) is 19.8 Å². The molecule has 0 saturated carbocycles. The third-order valence-corrected chi connectivity index (χ3v) is 6.13. The molecule has 186 valence electrons. The minimum absolute atomic E-state index is 0.140. The number of aromatic nitrogens is 3. The number of ether oxygens (including phenoxy) is 1. The molecule has 10 heteroatoms. The van der Waals surface area contributed by atoms with Crippen molar-refractivity contribution in [3.63, 3.8) is 0 Å². The summed E-state index contributed by atoms with van der Waals surface area (Å²) in [4.78, 5) is 15.9. The van der Waals surface area contributed by atoms with Crippen LogP contribution in [0.3, 0.4) is 0 Å². The number of likely N-dealkylation sites (tertiary alicyclic amines) is 1.